The predicted molar refractivity (Wildman–Crippen MR) is 79.1 cm³/mol. The second-order valence-corrected chi connectivity index (χ2v) is 6.81. The van der Waals surface area contributed by atoms with Crippen LogP contribution in [-0.2, 0) is 9.84 Å². The van der Waals surface area contributed by atoms with Crippen molar-refractivity contribution in [3.63, 3.8) is 0 Å². The van der Waals surface area contributed by atoms with Crippen LogP contribution in [0.25, 0.3) is 0 Å². The van der Waals surface area contributed by atoms with Gasteiger partial charge >= 0.3 is 0 Å². The van der Waals surface area contributed by atoms with Crippen molar-refractivity contribution in [1.82, 2.24) is 0 Å². The highest BCUT2D eigenvalue weighted by Crippen LogP contribution is 2.32. The molecule has 0 fully saturated rings. The number of sulfone groups is 1. The number of halogens is 1. The lowest BCUT2D eigenvalue weighted by Crippen LogP contribution is -2.04. The van der Waals surface area contributed by atoms with Crippen LogP contribution in [-0.4, -0.2) is 22.6 Å². The topological polar surface area (TPSA) is 52.6 Å². The molecule has 0 aromatic heterocycles. The lowest BCUT2D eigenvalue weighted by atomic mass is 10.3. The first-order chi connectivity index (χ1) is 9.48. The highest BCUT2D eigenvalue weighted by Gasteiger charge is 2.22. The van der Waals surface area contributed by atoms with Crippen molar-refractivity contribution < 1.29 is 17.9 Å². The average Bonchev–Trinajstić information content (AvgIpc) is 2.47. The molecule has 2 aromatic carbocycles. The minimum atomic E-state index is -3.66. The monoisotopic (exact) mass is 356 g/mol. The lowest BCUT2D eigenvalue weighted by Gasteiger charge is -2.11. The van der Waals surface area contributed by atoms with Gasteiger partial charge in [-0.05, 0) is 36.4 Å². The van der Waals surface area contributed by atoms with Gasteiger partial charge in [-0.2, -0.15) is 0 Å². The third-order valence-corrected chi connectivity index (χ3v) is 5.10. The van der Waals surface area contributed by atoms with E-state index in [1.807, 2.05) is 0 Å². The van der Waals surface area contributed by atoms with Crippen LogP contribution < -0.4 is 9.47 Å². The average molecular weight is 357 g/mol. The summed E-state index contributed by atoms with van der Waals surface area (Å²) in [6.45, 7) is 0. The van der Waals surface area contributed by atoms with Crippen LogP contribution in [0.2, 0.25) is 0 Å². The van der Waals surface area contributed by atoms with Crippen molar-refractivity contribution in [2.75, 3.05) is 14.2 Å². The zero-order valence-electron chi connectivity index (χ0n) is 11.0. The van der Waals surface area contributed by atoms with E-state index in [1.165, 1.54) is 20.3 Å². The Bertz CT molecular complexity index is 708. The summed E-state index contributed by atoms with van der Waals surface area (Å²) < 4.78 is 36.3. The van der Waals surface area contributed by atoms with Crippen molar-refractivity contribution >= 4 is 25.8 Å². The first-order valence-electron chi connectivity index (χ1n) is 5.71. The zero-order valence-corrected chi connectivity index (χ0v) is 13.4. The van der Waals surface area contributed by atoms with E-state index in [4.69, 9.17) is 9.47 Å². The summed E-state index contributed by atoms with van der Waals surface area (Å²) in [6, 6.07) is 11.1. The standard InChI is InChI=1S/C14H13BrO4S/c1-18-11-5-8-13(19-2)14(9-11)20(16,17)12-6-3-10(15)4-7-12/h3-9H,1-2H3. The van der Waals surface area contributed by atoms with Crippen LogP contribution in [0.5, 0.6) is 11.5 Å². The molecular formula is C14H13BrO4S. The molecule has 0 unspecified atom stereocenters. The Hall–Kier alpha value is -1.53. The molecule has 2 rings (SSSR count). The third kappa shape index (κ3) is 2.81. The van der Waals surface area contributed by atoms with Crippen molar-refractivity contribution in [3.05, 3.63) is 46.9 Å². The number of methoxy groups -OCH3 is 2. The molecule has 0 atom stereocenters. The van der Waals surface area contributed by atoms with Crippen molar-refractivity contribution in [2.45, 2.75) is 9.79 Å². The fourth-order valence-corrected chi connectivity index (χ4v) is 3.43. The first-order valence-corrected chi connectivity index (χ1v) is 7.99. The maximum atomic E-state index is 12.6. The minimum Gasteiger partial charge on any atom is -0.497 e. The summed E-state index contributed by atoms with van der Waals surface area (Å²) in [6.07, 6.45) is 0. The van der Waals surface area contributed by atoms with Crippen LogP contribution in [0.4, 0.5) is 0 Å². The number of ether oxygens (including phenoxy) is 2. The molecule has 2 aromatic rings. The van der Waals surface area contributed by atoms with E-state index in [0.717, 1.165) is 4.47 Å². The van der Waals surface area contributed by atoms with Gasteiger partial charge in [0.2, 0.25) is 9.84 Å². The van der Waals surface area contributed by atoms with Crippen molar-refractivity contribution in [3.8, 4) is 11.5 Å². The molecule has 20 heavy (non-hydrogen) atoms. The van der Waals surface area contributed by atoms with Gasteiger partial charge in [0.05, 0.1) is 19.1 Å². The molecule has 0 bridgehead atoms. The first kappa shape index (κ1) is 14.9. The van der Waals surface area contributed by atoms with Gasteiger partial charge in [0.15, 0.2) is 0 Å². The Labute approximate surface area is 126 Å². The highest BCUT2D eigenvalue weighted by molar-refractivity contribution is 9.10. The summed E-state index contributed by atoms with van der Waals surface area (Å²) >= 11 is 3.28. The van der Waals surface area contributed by atoms with Gasteiger partial charge in [-0.15, -0.1) is 0 Å². The van der Waals surface area contributed by atoms with Gasteiger partial charge in [0, 0.05) is 10.5 Å². The maximum Gasteiger partial charge on any atom is 0.210 e. The molecule has 0 aliphatic rings. The molecule has 0 N–H and O–H groups in total. The van der Waals surface area contributed by atoms with Crippen LogP contribution in [0.3, 0.4) is 0 Å². The normalized spacial score (nSPS) is 11.2. The summed E-state index contributed by atoms with van der Waals surface area (Å²) in [7, 11) is -0.740. The van der Waals surface area contributed by atoms with E-state index < -0.39 is 9.84 Å². The van der Waals surface area contributed by atoms with Gasteiger partial charge in [0.1, 0.15) is 16.4 Å². The molecule has 0 heterocycles. The molecule has 106 valence electrons. The number of hydrogen-bond donors (Lipinski definition) is 0. The molecule has 0 aliphatic carbocycles. The molecule has 4 nitrogen and oxygen atoms in total. The SMILES string of the molecule is COc1ccc(OC)c(S(=O)(=O)c2ccc(Br)cc2)c1. The Morgan fingerprint density at radius 2 is 1.60 bits per heavy atom. The van der Waals surface area contributed by atoms with Gasteiger partial charge in [-0.3, -0.25) is 0 Å². The number of benzene rings is 2. The lowest BCUT2D eigenvalue weighted by molar-refractivity contribution is 0.392. The molecule has 0 aliphatic heterocycles. The highest BCUT2D eigenvalue weighted by atomic mass is 79.9. The third-order valence-electron chi connectivity index (χ3n) is 2.78. The summed E-state index contributed by atoms with van der Waals surface area (Å²) in [5.74, 6) is 0.746. The molecule has 0 saturated carbocycles. The Balaban J connectivity index is 2.61. The fourth-order valence-electron chi connectivity index (χ4n) is 1.73. The maximum absolute atomic E-state index is 12.6. The largest absolute Gasteiger partial charge is 0.497 e. The molecule has 0 amide bonds. The van der Waals surface area contributed by atoms with Gasteiger partial charge in [-0.25, -0.2) is 8.42 Å². The number of rotatable bonds is 4. The van der Waals surface area contributed by atoms with Crippen molar-refractivity contribution in [1.29, 1.82) is 0 Å². The van der Waals surface area contributed by atoms with Crippen molar-refractivity contribution in [2.24, 2.45) is 0 Å². The minimum absolute atomic E-state index is 0.0849. The molecule has 6 heteroatoms. The van der Waals surface area contributed by atoms with E-state index >= 15 is 0 Å². The van der Waals surface area contributed by atoms with Gasteiger partial charge in [0.25, 0.3) is 0 Å². The molecule has 0 saturated heterocycles. The van der Waals surface area contributed by atoms with E-state index in [-0.39, 0.29) is 15.5 Å². The van der Waals surface area contributed by atoms with E-state index in [2.05, 4.69) is 15.9 Å². The van der Waals surface area contributed by atoms with Crippen LogP contribution in [0.1, 0.15) is 0 Å². The van der Waals surface area contributed by atoms with E-state index in [1.54, 1.807) is 36.4 Å². The van der Waals surface area contributed by atoms with Crippen LogP contribution in [0.15, 0.2) is 56.7 Å². The molecule has 0 radical (unpaired) electrons. The van der Waals surface area contributed by atoms with E-state index in [0.29, 0.717) is 5.75 Å². The Morgan fingerprint density at radius 3 is 2.15 bits per heavy atom. The molecular weight excluding hydrogens is 344 g/mol. The molecule has 0 spiro atoms. The predicted octanol–water partition coefficient (Wildman–Crippen LogP) is 3.30. The summed E-state index contributed by atoms with van der Waals surface area (Å²) in [5.41, 5.74) is 0. The van der Waals surface area contributed by atoms with Crippen LogP contribution in [0, 0.1) is 0 Å². The zero-order chi connectivity index (χ0) is 14.8. The van der Waals surface area contributed by atoms with Gasteiger partial charge < -0.3 is 9.47 Å². The smallest absolute Gasteiger partial charge is 0.210 e. The number of hydrogen-bond acceptors (Lipinski definition) is 4. The Kier molecular flexibility index (Phi) is 4.35. The Morgan fingerprint density at radius 1 is 0.950 bits per heavy atom. The summed E-state index contributed by atoms with van der Waals surface area (Å²) in [4.78, 5) is 0.286. The fraction of sp³-hybridized carbons (Fsp3) is 0.143. The summed E-state index contributed by atoms with van der Waals surface area (Å²) in [5, 5.41) is 0. The quantitative estimate of drug-likeness (QED) is 0.843. The van der Waals surface area contributed by atoms with Gasteiger partial charge in [-0.1, -0.05) is 15.9 Å². The second kappa shape index (κ2) is 5.85. The van der Waals surface area contributed by atoms with Crippen LogP contribution >= 0.6 is 15.9 Å². The second-order valence-electron chi connectivity index (χ2n) is 3.97. The van der Waals surface area contributed by atoms with E-state index in [9.17, 15) is 8.42 Å².